The van der Waals surface area contributed by atoms with E-state index in [1.807, 2.05) is 69.3 Å². The highest BCUT2D eigenvalue weighted by atomic mass is 16.6. The van der Waals surface area contributed by atoms with Crippen molar-refractivity contribution in [1.82, 2.24) is 20.0 Å². The molecule has 0 spiro atoms. The number of hydrogen-bond donors (Lipinski definition) is 1. The summed E-state index contributed by atoms with van der Waals surface area (Å²) in [6.45, 7) is 13.4. The van der Waals surface area contributed by atoms with Gasteiger partial charge in [-0.2, -0.15) is 0 Å². The van der Waals surface area contributed by atoms with E-state index in [0.717, 1.165) is 26.2 Å². The quantitative estimate of drug-likeness (QED) is 0.391. The van der Waals surface area contributed by atoms with Gasteiger partial charge < -0.3 is 19.5 Å². The number of methoxy groups -OCH3 is 2. The van der Waals surface area contributed by atoms with E-state index in [0.29, 0.717) is 33.1 Å². The van der Waals surface area contributed by atoms with E-state index in [9.17, 15) is 14.4 Å². The molecule has 4 rings (SSSR count). The molecule has 2 aromatic carbocycles. The Kier molecular flexibility index (Phi) is 14.4. The van der Waals surface area contributed by atoms with Crippen molar-refractivity contribution >= 4 is 18.0 Å². The number of piperazine rings is 2. The van der Waals surface area contributed by atoms with Crippen molar-refractivity contribution < 1.29 is 30.0 Å². The Hall–Kier alpha value is -3.47. The Balaban J connectivity index is 0.000000295. The molecule has 2 atom stereocenters. The standard InChI is InChI=1S/C18H26N2O4.C13H18N2O2.C2H6/c1-18(2,3)24-17(22)20-11-10-19(13-15(20)16(21)23-4)12-14-8-6-5-7-9-14;1-17-13(16)12-10-15(8-7-14-12)9-11-5-3-2-4-6-11;1-2/h5-9,15H,10-13H2,1-4H3;2-6,12,14H,7-10H2,1H3;1-2H3/t15-;12-;/m00./s1/i;;1D. The average Bonchev–Trinajstić information content (AvgIpc) is 3.01. The van der Waals surface area contributed by atoms with Crippen LogP contribution in [0, 0.1) is 0 Å². The smallest absolute Gasteiger partial charge is 0.411 e. The minimum Gasteiger partial charge on any atom is -0.468 e. The van der Waals surface area contributed by atoms with E-state index < -0.39 is 23.7 Å². The summed E-state index contributed by atoms with van der Waals surface area (Å²) in [5.74, 6) is -0.596. The maximum atomic E-state index is 12.4. The summed E-state index contributed by atoms with van der Waals surface area (Å²) in [5, 5.41) is 3.17. The van der Waals surface area contributed by atoms with Gasteiger partial charge in [0.25, 0.3) is 0 Å². The predicted molar refractivity (Wildman–Crippen MR) is 167 cm³/mol. The highest BCUT2D eigenvalue weighted by Crippen LogP contribution is 2.18. The van der Waals surface area contributed by atoms with Crippen LogP contribution in [-0.2, 0) is 36.9 Å². The van der Waals surface area contributed by atoms with E-state index in [4.69, 9.17) is 15.6 Å². The number of carbonyl (C=O) groups is 3. The number of benzene rings is 2. The molecule has 0 radical (unpaired) electrons. The fourth-order valence-corrected chi connectivity index (χ4v) is 4.80. The van der Waals surface area contributed by atoms with Gasteiger partial charge in [0.05, 0.1) is 14.2 Å². The van der Waals surface area contributed by atoms with Crippen molar-refractivity contribution in [3.8, 4) is 0 Å². The monoisotopic (exact) mass is 599 g/mol. The Morgan fingerprint density at radius 2 is 1.35 bits per heavy atom. The number of amides is 1. The van der Waals surface area contributed by atoms with Crippen molar-refractivity contribution in [3.05, 3.63) is 71.8 Å². The lowest BCUT2D eigenvalue weighted by Gasteiger charge is -2.40. The molecule has 2 aliphatic heterocycles. The first-order valence-electron chi connectivity index (χ1n) is 15.4. The molecule has 2 aromatic rings. The molecule has 2 saturated heterocycles. The van der Waals surface area contributed by atoms with Crippen LogP contribution in [-0.4, -0.2) is 104 Å². The van der Waals surface area contributed by atoms with E-state index >= 15 is 0 Å². The van der Waals surface area contributed by atoms with Gasteiger partial charge in [0, 0.05) is 53.7 Å². The van der Waals surface area contributed by atoms with Gasteiger partial charge in [0.2, 0.25) is 0 Å². The van der Waals surface area contributed by atoms with Gasteiger partial charge in [-0.25, -0.2) is 9.59 Å². The lowest BCUT2D eigenvalue weighted by molar-refractivity contribution is -0.149. The normalized spacial score (nSPS) is 19.4. The Bertz CT molecular complexity index is 1130. The fraction of sp³-hybridized carbons (Fsp3) is 0.545. The van der Waals surface area contributed by atoms with Gasteiger partial charge in [-0.1, -0.05) is 74.5 Å². The molecular formula is C33H50N4O6. The number of carbonyl (C=O) groups excluding carboxylic acids is 3. The molecule has 10 heteroatoms. The Labute approximate surface area is 258 Å². The topological polar surface area (TPSA) is 101 Å². The van der Waals surface area contributed by atoms with Gasteiger partial charge in [-0.05, 0) is 31.9 Å². The average molecular weight is 600 g/mol. The molecule has 238 valence electrons. The number of ether oxygens (including phenoxy) is 3. The molecule has 0 aromatic heterocycles. The van der Waals surface area contributed by atoms with Crippen LogP contribution in [0.2, 0.25) is 0 Å². The van der Waals surface area contributed by atoms with Crippen LogP contribution >= 0.6 is 0 Å². The third-order valence-corrected chi connectivity index (χ3v) is 6.81. The highest BCUT2D eigenvalue weighted by Gasteiger charge is 2.38. The number of nitrogens with zero attached hydrogens (tertiary/aromatic N) is 3. The Morgan fingerprint density at radius 3 is 1.84 bits per heavy atom. The van der Waals surface area contributed by atoms with Crippen molar-refractivity contribution in [2.45, 2.75) is 65.4 Å². The SMILES string of the molecule is COC(=O)[C@@H]1CN(Cc2ccccc2)CCN1.COC(=O)[C@@H]1CN(Cc2ccccc2)CCN1C(=O)OC(C)(C)C.[2H]CC. The number of hydrogen-bond acceptors (Lipinski definition) is 9. The molecular weight excluding hydrogens is 548 g/mol. The zero-order valence-corrected chi connectivity index (χ0v) is 26.6. The fourth-order valence-electron chi connectivity index (χ4n) is 4.80. The molecule has 1 N–H and O–H groups in total. The summed E-state index contributed by atoms with van der Waals surface area (Å²) in [6.07, 6.45) is -0.475. The van der Waals surface area contributed by atoms with E-state index in [2.05, 4.69) is 27.2 Å². The van der Waals surface area contributed by atoms with Crippen molar-refractivity contribution in [2.24, 2.45) is 0 Å². The van der Waals surface area contributed by atoms with E-state index in [-0.39, 0.29) is 12.0 Å². The summed E-state index contributed by atoms with van der Waals surface area (Å²) in [6, 6.07) is 19.5. The van der Waals surface area contributed by atoms with Gasteiger partial charge >= 0.3 is 18.0 Å². The Morgan fingerprint density at radius 1 is 0.837 bits per heavy atom. The first-order valence-corrected chi connectivity index (χ1v) is 14.7. The first kappa shape index (κ1) is 34.0. The number of rotatable bonds is 6. The molecule has 0 aliphatic carbocycles. The van der Waals surface area contributed by atoms with E-state index in [1.54, 1.807) is 6.92 Å². The summed E-state index contributed by atoms with van der Waals surface area (Å²) in [4.78, 5) is 41.9. The van der Waals surface area contributed by atoms with E-state index in [1.165, 1.54) is 30.2 Å². The molecule has 2 aliphatic rings. The second-order valence-electron chi connectivity index (χ2n) is 11.2. The minimum absolute atomic E-state index is 0.178. The number of nitrogens with one attached hydrogen (secondary N) is 1. The molecule has 0 bridgehead atoms. The van der Waals surface area contributed by atoms with Crippen LogP contribution in [0.25, 0.3) is 0 Å². The molecule has 43 heavy (non-hydrogen) atoms. The molecule has 2 heterocycles. The molecule has 10 nitrogen and oxygen atoms in total. The van der Waals surface area contributed by atoms with Gasteiger partial charge in [0.1, 0.15) is 17.7 Å². The van der Waals surface area contributed by atoms with Crippen LogP contribution in [0.1, 0.15) is 47.1 Å². The van der Waals surface area contributed by atoms with Crippen molar-refractivity contribution in [2.75, 3.05) is 53.5 Å². The third kappa shape index (κ3) is 12.3. The second-order valence-corrected chi connectivity index (χ2v) is 11.2. The predicted octanol–water partition coefficient (Wildman–Crippen LogP) is 3.94. The summed E-state index contributed by atoms with van der Waals surface area (Å²) < 4.78 is 21.3. The maximum absolute atomic E-state index is 12.4. The third-order valence-electron chi connectivity index (χ3n) is 6.81. The van der Waals surface area contributed by atoms with Crippen LogP contribution in [0.5, 0.6) is 0 Å². The lowest BCUT2D eigenvalue weighted by atomic mass is 10.1. The summed E-state index contributed by atoms with van der Waals surface area (Å²) in [5.41, 5.74) is 1.85. The summed E-state index contributed by atoms with van der Waals surface area (Å²) >= 11 is 0. The first-order chi connectivity index (χ1) is 21.0. The van der Waals surface area contributed by atoms with Crippen LogP contribution in [0.15, 0.2) is 60.7 Å². The summed E-state index contributed by atoms with van der Waals surface area (Å²) in [7, 11) is 2.77. The molecule has 1 amide bonds. The van der Waals surface area contributed by atoms with Gasteiger partial charge in [-0.3, -0.25) is 19.5 Å². The lowest BCUT2D eigenvalue weighted by Crippen LogP contribution is -2.59. The van der Waals surface area contributed by atoms with Crippen molar-refractivity contribution in [1.29, 1.82) is 0 Å². The van der Waals surface area contributed by atoms with Crippen LogP contribution < -0.4 is 5.32 Å². The highest BCUT2D eigenvalue weighted by molar-refractivity contribution is 5.82. The zero-order chi connectivity index (χ0) is 32.5. The molecule has 0 saturated carbocycles. The van der Waals surface area contributed by atoms with Crippen LogP contribution in [0.4, 0.5) is 4.79 Å². The minimum atomic E-state index is -0.651. The molecule has 2 fully saturated rings. The largest absolute Gasteiger partial charge is 0.468 e. The van der Waals surface area contributed by atoms with Gasteiger partial charge in [-0.15, -0.1) is 0 Å². The van der Waals surface area contributed by atoms with Crippen LogP contribution in [0.3, 0.4) is 0 Å². The second kappa shape index (κ2) is 18.3. The van der Waals surface area contributed by atoms with Crippen molar-refractivity contribution in [3.63, 3.8) is 0 Å². The molecule has 0 unspecified atom stereocenters. The van der Waals surface area contributed by atoms with Gasteiger partial charge in [0.15, 0.2) is 0 Å². The number of esters is 2. The maximum Gasteiger partial charge on any atom is 0.411 e. The zero-order valence-electron chi connectivity index (χ0n) is 27.6.